The van der Waals surface area contributed by atoms with Crippen LogP contribution >= 0.6 is 0 Å². The molecular weight excluding hydrogens is 493 g/mol. The Kier molecular flexibility index (Phi) is 6.86. The maximum atomic E-state index is 13.8. The van der Waals surface area contributed by atoms with Crippen molar-refractivity contribution in [2.75, 3.05) is 18.0 Å². The lowest BCUT2D eigenvalue weighted by Crippen LogP contribution is -2.58. The van der Waals surface area contributed by atoms with Crippen LogP contribution in [0.25, 0.3) is 15.9 Å². The number of aromatic nitrogens is 3. The minimum atomic E-state index is -0.396. The van der Waals surface area contributed by atoms with Gasteiger partial charge in [-0.2, -0.15) is 5.26 Å². The molecule has 0 saturated carbocycles. The van der Waals surface area contributed by atoms with E-state index >= 15 is 0 Å². The van der Waals surface area contributed by atoms with Crippen molar-refractivity contribution in [3.63, 3.8) is 0 Å². The van der Waals surface area contributed by atoms with Crippen molar-refractivity contribution in [2.45, 2.75) is 38.9 Å². The van der Waals surface area contributed by atoms with Crippen molar-refractivity contribution < 1.29 is 4.39 Å². The van der Waals surface area contributed by atoms with Gasteiger partial charge in [0, 0.05) is 37.9 Å². The first-order chi connectivity index (χ1) is 18.7. The summed E-state index contributed by atoms with van der Waals surface area (Å²) in [6, 6.07) is 17.5. The monoisotopic (exact) mass is 521 g/mol. The molecular formula is C30H28FN7O. The van der Waals surface area contributed by atoms with E-state index in [0.717, 1.165) is 17.0 Å². The fourth-order valence-electron chi connectivity index (χ4n) is 5.54. The van der Waals surface area contributed by atoms with Crippen molar-refractivity contribution in [1.82, 2.24) is 19.4 Å². The normalized spacial score (nSPS) is 18.5. The Morgan fingerprint density at radius 3 is 2.49 bits per heavy atom. The minimum Gasteiger partial charge on any atom is -0.361 e. The number of nitriles is 1. The van der Waals surface area contributed by atoms with E-state index in [4.69, 9.17) is 11.6 Å². The molecule has 1 fully saturated rings. The molecule has 5 rings (SSSR count). The summed E-state index contributed by atoms with van der Waals surface area (Å²) in [6.45, 7) is 14.6. The molecule has 0 amide bonds. The van der Waals surface area contributed by atoms with Crippen LogP contribution in [0.1, 0.15) is 42.4 Å². The second-order valence-corrected chi connectivity index (χ2v) is 10.1. The summed E-state index contributed by atoms with van der Waals surface area (Å²) in [5.41, 5.74) is 3.81. The Morgan fingerprint density at radius 2 is 1.82 bits per heavy atom. The van der Waals surface area contributed by atoms with Gasteiger partial charge < -0.3 is 14.3 Å². The molecule has 1 aromatic carbocycles. The summed E-state index contributed by atoms with van der Waals surface area (Å²) in [7, 11) is 1.61. The zero-order chi connectivity index (χ0) is 27.8. The van der Waals surface area contributed by atoms with E-state index < -0.39 is 5.56 Å². The first kappa shape index (κ1) is 26.0. The first-order valence-electron chi connectivity index (χ1n) is 12.8. The molecule has 196 valence electrons. The van der Waals surface area contributed by atoms with Gasteiger partial charge in [0.2, 0.25) is 5.52 Å². The number of hydrogen-bond donors (Lipinski definition) is 0. The second kappa shape index (κ2) is 10.3. The molecule has 0 bridgehead atoms. The van der Waals surface area contributed by atoms with Crippen LogP contribution in [-0.2, 0) is 7.05 Å². The lowest BCUT2D eigenvalue weighted by Gasteiger charge is -2.48. The maximum Gasteiger partial charge on any atom is 0.271 e. The number of rotatable bonds is 4. The van der Waals surface area contributed by atoms with Gasteiger partial charge >= 0.3 is 0 Å². The lowest BCUT2D eigenvalue weighted by molar-refractivity contribution is 0.127. The summed E-state index contributed by atoms with van der Waals surface area (Å²) in [5, 5.41) is 10.1. The van der Waals surface area contributed by atoms with Crippen molar-refractivity contribution >= 4 is 22.5 Å². The SMILES string of the molecule is [C-]#[N+]c1ccc2c(n1)c(N1C[C@@H](C)N(C(c3ccc(F)cc3)c3cccc(C)n3)C[C@@H]1C)c(C#N)c(=O)n2C. The summed E-state index contributed by atoms with van der Waals surface area (Å²) >= 11 is 0. The molecule has 1 unspecified atom stereocenters. The van der Waals surface area contributed by atoms with Gasteiger partial charge in [0.25, 0.3) is 11.4 Å². The average molecular weight is 522 g/mol. The number of hydrogen-bond acceptors (Lipinski definition) is 6. The molecule has 0 N–H and O–H groups in total. The van der Waals surface area contributed by atoms with Gasteiger partial charge in [-0.3, -0.25) is 14.7 Å². The largest absolute Gasteiger partial charge is 0.361 e. The molecule has 4 aromatic rings. The Labute approximate surface area is 226 Å². The van der Waals surface area contributed by atoms with E-state index in [1.54, 1.807) is 31.3 Å². The van der Waals surface area contributed by atoms with Gasteiger partial charge in [-0.1, -0.05) is 24.8 Å². The van der Waals surface area contributed by atoms with Crippen LogP contribution in [0.5, 0.6) is 0 Å². The molecule has 0 aliphatic carbocycles. The fraction of sp³-hybridized carbons (Fsp3) is 0.300. The quantitative estimate of drug-likeness (QED) is 0.356. The number of piperazine rings is 1. The molecule has 4 heterocycles. The van der Waals surface area contributed by atoms with Crippen LogP contribution in [0.15, 0.2) is 59.4 Å². The summed E-state index contributed by atoms with van der Waals surface area (Å²) in [4.78, 5) is 30.4. The lowest BCUT2D eigenvalue weighted by atomic mass is 9.95. The Morgan fingerprint density at radius 1 is 1.08 bits per heavy atom. The molecule has 3 aromatic heterocycles. The molecule has 3 atom stereocenters. The highest BCUT2D eigenvalue weighted by Crippen LogP contribution is 2.37. The highest BCUT2D eigenvalue weighted by Gasteiger charge is 2.38. The number of benzene rings is 1. The zero-order valence-electron chi connectivity index (χ0n) is 22.3. The van der Waals surface area contributed by atoms with Crippen LogP contribution in [0.4, 0.5) is 15.9 Å². The predicted octanol–water partition coefficient (Wildman–Crippen LogP) is 4.89. The Bertz CT molecular complexity index is 1700. The van der Waals surface area contributed by atoms with E-state index in [1.165, 1.54) is 16.7 Å². The van der Waals surface area contributed by atoms with E-state index in [9.17, 15) is 14.4 Å². The number of nitrogens with zero attached hydrogens (tertiary/aromatic N) is 7. The fourth-order valence-corrected chi connectivity index (χ4v) is 5.54. The van der Waals surface area contributed by atoms with Gasteiger partial charge in [0.15, 0.2) is 0 Å². The number of pyridine rings is 3. The first-order valence-corrected chi connectivity index (χ1v) is 12.8. The molecule has 1 saturated heterocycles. The maximum absolute atomic E-state index is 13.8. The smallest absolute Gasteiger partial charge is 0.271 e. The summed E-state index contributed by atoms with van der Waals surface area (Å²) < 4.78 is 15.3. The van der Waals surface area contributed by atoms with Crippen LogP contribution in [0.2, 0.25) is 0 Å². The van der Waals surface area contributed by atoms with Crippen molar-refractivity contribution in [2.24, 2.45) is 7.05 Å². The van der Waals surface area contributed by atoms with E-state index in [2.05, 4.69) is 32.6 Å². The molecule has 0 spiro atoms. The molecule has 1 aliphatic heterocycles. The molecule has 8 nitrogen and oxygen atoms in total. The third-order valence-electron chi connectivity index (χ3n) is 7.46. The number of aryl methyl sites for hydroxylation is 2. The molecule has 39 heavy (non-hydrogen) atoms. The number of halogens is 1. The van der Waals surface area contributed by atoms with Crippen LogP contribution in [0, 0.1) is 30.6 Å². The topological polar surface area (TPSA) is 82.4 Å². The van der Waals surface area contributed by atoms with Crippen molar-refractivity contribution in [3.8, 4) is 6.07 Å². The number of fused-ring (bicyclic) bond motifs is 1. The van der Waals surface area contributed by atoms with E-state index in [-0.39, 0.29) is 35.3 Å². The van der Waals surface area contributed by atoms with Crippen LogP contribution < -0.4 is 10.5 Å². The second-order valence-electron chi connectivity index (χ2n) is 10.1. The van der Waals surface area contributed by atoms with Gasteiger partial charge in [-0.15, -0.1) is 4.98 Å². The van der Waals surface area contributed by atoms with Gasteiger partial charge in [-0.25, -0.2) is 4.39 Å². The molecule has 1 aliphatic rings. The van der Waals surface area contributed by atoms with E-state index in [1.807, 2.05) is 32.0 Å². The van der Waals surface area contributed by atoms with Crippen LogP contribution in [0.3, 0.4) is 0 Å². The highest BCUT2D eigenvalue weighted by molar-refractivity contribution is 5.93. The van der Waals surface area contributed by atoms with Gasteiger partial charge in [-0.05, 0) is 62.7 Å². The predicted molar refractivity (Wildman–Crippen MR) is 148 cm³/mol. The summed E-state index contributed by atoms with van der Waals surface area (Å²) in [6.07, 6.45) is 0. The third-order valence-corrected chi connectivity index (χ3v) is 7.46. The zero-order valence-corrected chi connectivity index (χ0v) is 22.3. The van der Waals surface area contributed by atoms with Gasteiger partial charge in [0.1, 0.15) is 23.1 Å². The standard InChI is InChI=1S/C30H28FN7O/c1-18-7-6-8-24(34-18)28(21-9-11-22(31)12-10-21)37-16-20(3)38(17-19(37)2)29-23(15-32)30(39)36(5)25-13-14-26(33-4)35-27(25)29/h6-14,19-20,28H,16-17H2,1-3,5H3/t19-,20+,28?/m1/s1. The highest BCUT2D eigenvalue weighted by atomic mass is 19.1. The Balaban J connectivity index is 1.61. The molecule has 0 radical (unpaired) electrons. The van der Waals surface area contributed by atoms with Crippen LogP contribution in [-0.4, -0.2) is 44.6 Å². The van der Waals surface area contributed by atoms with Crippen molar-refractivity contribution in [1.29, 1.82) is 5.26 Å². The average Bonchev–Trinajstić information content (AvgIpc) is 2.93. The summed E-state index contributed by atoms with van der Waals surface area (Å²) in [5.74, 6) is -0.0960. The van der Waals surface area contributed by atoms with E-state index in [0.29, 0.717) is 29.8 Å². The number of anilines is 1. The van der Waals surface area contributed by atoms with Crippen molar-refractivity contribution in [3.05, 3.63) is 105 Å². The van der Waals surface area contributed by atoms with Gasteiger partial charge in [0.05, 0.1) is 17.3 Å². The Hall–Kier alpha value is -4.60. The third kappa shape index (κ3) is 4.62. The minimum absolute atomic E-state index is 0.0163. The molecule has 9 heteroatoms.